The lowest BCUT2D eigenvalue weighted by atomic mass is 9.95. The van der Waals surface area contributed by atoms with Crippen molar-refractivity contribution < 1.29 is 4.39 Å². The van der Waals surface area contributed by atoms with Gasteiger partial charge in [-0.1, -0.05) is 6.42 Å². The van der Waals surface area contributed by atoms with Crippen LogP contribution in [0.5, 0.6) is 0 Å². The van der Waals surface area contributed by atoms with E-state index in [2.05, 4.69) is 21.2 Å². The molecule has 16 heavy (non-hydrogen) atoms. The molecule has 3 atom stereocenters. The van der Waals surface area contributed by atoms with Crippen molar-refractivity contribution in [3.63, 3.8) is 0 Å². The van der Waals surface area contributed by atoms with Crippen LogP contribution in [0.1, 0.15) is 25.7 Å². The zero-order chi connectivity index (χ0) is 11.1. The minimum atomic E-state index is -0.189. The summed E-state index contributed by atoms with van der Waals surface area (Å²) in [6.07, 6.45) is 5.44. The molecule has 2 saturated carbocycles. The highest BCUT2D eigenvalue weighted by Gasteiger charge is 2.39. The predicted octanol–water partition coefficient (Wildman–Crippen LogP) is 4.19. The van der Waals surface area contributed by atoms with Gasteiger partial charge in [-0.2, -0.15) is 0 Å². The van der Waals surface area contributed by atoms with Crippen LogP contribution in [-0.2, 0) is 0 Å². The maximum atomic E-state index is 13.0. The highest BCUT2D eigenvalue weighted by molar-refractivity contribution is 9.10. The van der Waals surface area contributed by atoms with Crippen LogP contribution in [0.25, 0.3) is 0 Å². The number of hydrogen-bond donors (Lipinski definition) is 1. The summed E-state index contributed by atoms with van der Waals surface area (Å²) in [7, 11) is 0. The summed E-state index contributed by atoms with van der Waals surface area (Å²) in [5, 5.41) is 3.55. The van der Waals surface area contributed by atoms with Gasteiger partial charge in [0, 0.05) is 16.2 Å². The molecule has 1 aromatic rings. The van der Waals surface area contributed by atoms with Crippen LogP contribution in [0.4, 0.5) is 10.1 Å². The Hall–Kier alpha value is -0.570. The van der Waals surface area contributed by atoms with Gasteiger partial charge in [-0.15, -0.1) is 0 Å². The van der Waals surface area contributed by atoms with E-state index in [1.54, 1.807) is 0 Å². The summed E-state index contributed by atoms with van der Waals surface area (Å²) >= 11 is 3.40. The molecule has 1 aromatic carbocycles. The van der Waals surface area contributed by atoms with E-state index >= 15 is 0 Å². The Bertz CT molecular complexity index is 407. The molecule has 0 aromatic heterocycles. The van der Waals surface area contributed by atoms with Crippen molar-refractivity contribution in [2.75, 3.05) is 5.32 Å². The lowest BCUT2D eigenvalue weighted by Crippen LogP contribution is -2.25. The van der Waals surface area contributed by atoms with Gasteiger partial charge in [0.25, 0.3) is 0 Å². The molecule has 3 rings (SSSR count). The van der Waals surface area contributed by atoms with E-state index in [0.717, 1.165) is 22.0 Å². The number of rotatable bonds is 2. The second-order valence-electron chi connectivity index (χ2n) is 5.05. The van der Waals surface area contributed by atoms with Gasteiger partial charge in [-0.25, -0.2) is 4.39 Å². The Balaban J connectivity index is 1.74. The van der Waals surface area contributed by atoms with Crippen LogP contribution in [-0.4, -0.2) is 6.04 Å². The number of nitrogens with one attached hydrogen (secondary N) is 1. The molecule has 2 aliphatic rings. The molecule has 0 amide bonds. The van der Waals surface area contributed by atoms with Crippen LogP contribution in [0.15, 0.2) is 22.7 Å². The summed E-state index contributed by atoms with van der Waals surface area (Å²) in [5.41, 5.74) is 1.03. The minimum absolute atomic E-state index is 0.189. The van der Waals surface area contributed by atoms with E-state index in [0.29, 0.717) is 6.04 Å². The fraction of sp³-hybridized carbons (Fsp3) is 0.538. The molecule has 0 saturated heterocycles. The maximum absolute atomic E-state index is 13.0. The number of benzene rings is 1. The van der Waals surface area contributed by atoms with Gasteiger partial charge >= 0.3 is 0 Å². The van der Waals surface area contributed by atoms with E-state index in [-0.39, 0.29) is 5.82 Å². The predicted molar refractivity (Wildman–Crippen MR) is 67.0 cm³/mol. The maximum Gasteiger partial charge on any atom is 0.124 e. The Morgan fingerprint density at radius 1 is 1.25 bits per heavy atom. The van der Waals surface area contributed by atoms with Crippen molar-refractivity contribution in [1.82, 2.24) is 0 Å². The lowest BCUT2D eigenvalue weighted by Gasteiger charge is -2.24. The summed E-state index contributed by atoms with van der Waals surface area (Å²) in [4.78, 5) is 0. The molecule has 3 unspecified atom stereocenters. The third-order valence-corrected chi connectivity index (χ3v) is 4.67. The molecular weight excluding hydrogens is 269 g/mol. The van der Waals surface area contributed by atoms with Crippen LogP contribution in [0.2, 0.25) is 0 Å². The quantitative estimate of drug-likeness (QED) is 0.858. The van der Waals surface area contributed by atoms with Crippen molar-refractivity contribution in [3.8, 4) is 0 Å². The molecular formula is C13H15BrFN. The first-order valence-corrected chi connectivity index (χ1v) is 6.73. The van der Waals surface area contributed by atoms with Gasteiger partial charge in [-0.3, -0.25) is 0 Å². The minimum Gasteiger partial charge on any atom is -0.381 e. The molecule has 2 bridgehead atoms. The normalized spacial score (nSPS) is 32.0. The van der Waals surface area contributed by atoms with Crippen molar-refractivity contribution in [3.05, 3.63) is 28.5 Å². The number of halogens is 2. The third kappa shape index (κ3) is 1.86. The zero-order valence-electron chi connectivity index (χ0n) is 9.05. The summed E-state index contributed by atoms with van der Waals surface area (Å²) in [6, 6.07) is 5.46. The summed E-state index contributed by atoms with van der Waals surface area (Å²) < 4.78 is 13.8. The van der Waals surface area contributed by atoms with Crippen molar-refractivity contribution in [1.29, 1.82) is 0 Å². The van der Waals surface area contributed by atoms with Crippen molar-refractivity contribution in [2.24, 2.45) is 11.8 Å². The standard InChI is InChI=1S/C13H15BrFN/c14-11-7-10(15)3-4-12(11)16-13-6-8-1-2-9(13)5-8/h3-4,7-9,13,16H,1-2,5-6H2. The first-order chi connectivity index (χ1) is 7.72. The highest BCUT2D eigenvalue weighted by atomic mass is 79.9. The van der Waals surface area contributed by atoms with Crippen LogP contribution in [0, 0.1) is 17.7 Å². The van der Waals surface area contributed by atoms with Gasteiger partial charge in [0.1, 0.15) is 5.82 Å². The SMILES string of the molecule is Fc1ccc(NC2CC3CCC2C3)c(Br)c1. The average molecular weight is 284 g/mol. The third-order valence-electron chi connectivity index (χ3n) is 4.01. The Morgan fingerprint density at radius 2 is 2.12 bits per heavy atom. The molecule has 2 aliphatic carbocycles. The molecule has 3 heteroatoms. The van der Waals surface area contributed by atoms with E-state index < -0.39 is 0 Å². The van der Waals surface area contributed by atoms with Gasteiger partial charge in [0.05, 0.1) is 0 Å². The van der Waals surface area contributed by atoms with Crippen LogP contribution < -0.4 is 5.32 Å². The van der Waals surface area contributed by atoms with E-state index in [9.17, 15) is 4.39 Å². The molecule has 0 spiro atoms. The number of anilines is 1. The molecule has 0 heterocycles. The van der Waals surface area contributed by atoms with E-state index in [1.165, 1.54) is 37.8 Å². The Labute approximate surface area is 104 Å². The smallest absolute Gasteiger partial charge is 0.124 e. The van der Waals surface area contributed by atoms with E-state index in [1.807, 2.05) is 6.07 Å². The summed E-state index contributed by atoms with van der Waals surface area (Å²) in [6.45, 7) is 0. The summed E-state index contributed by atoms with van der Waals surface area (Å²) in [5.74, 6) is 1.58. The van der Waals surface area contributed by atoms with Gasteiger partial charge < -0.3 is 5.32 Å². The van der Waals surface area contributed by atoms with Crippen molar-refractivity contribution >= 4 is 21.6 Å². The van der Waals surface area contributed by atoms with Gasteiger partial charge in [0.15, 0.2) is 0 Å². The first-order valence-electron chi connectivity index (χ1n) is 5.94. The lowest BCUT2D eigenvalue weighted by molar-refractivity contribution is 0.439. The first kappa shape index (κ1) is 10.6. The van der Waals surface area contributed by atoms with Gasteiger partial charge in [-0.05, 0) is 65.2 Å². The Morgan fingerprint density at radius 3 is 2.75 bits per heavy atom. The van der Waals surface area contributed by atoms with Crippen LogP contribution in [0.3, 0.4) is 0 Å². The average Bonchev–Trinajstić information content (AvgIpc) is 2.84. The highest BCUT2D eigenvalue weighted by Crippen LogP contribution is 2.45. The topological polar surface area (TPSA) is 12.0 Å². The number of hydrogen-bond acceptors (Lipinski definition) is 1. The molecule has 86 valence electrons. The fourth-order valence-corrected chi connectivity index (χ4v) is 3.69. The Kier molecular flexibility index (Phi) is 2.66. The molecule has 1 nitrogen and oxygen atoms in total. The molecule has 0 radical (unpaired) electrons. The van der Waals surface area contributed by atoms with Crippen molar-refractivity contribution in [2.45, 2.75) is 31.7 Å². The largest absolute Gasteiger partial charge is 0.381 e. The number of fused-ring (bicyclic) bond motifs is 2. The molecule has 2 fully saturated rings. The van der Waals surface area contributed by atoms with Gasteiger partial charge in [0.2, 0.25) is 0 Å². The molecule has 1 N–H and O–H groups in total. The van der Waals surface area contributed by atoms with E-state index in [4.69, 9.17) is 0 Å². The molecule has 0 aliphatic heterocycles. The van der Waals surface area contributed by atoms with Crippen LogP contribution >= 0.6 is 15.9 Å². The second kappa shape index (κ2) is 4.02. The fourth-order valence-electron chi connectivity index (χ4n) is 3.23. The zero-order valence-corrected chi connectivity index (χ0v) is 10.6. The monoisotopic (exact) mass is 283 g/mol. The second-order valence-corrected chi connectivity index (χ2v) is 5.90.